The van der Waals surface area contributed by atoms with Gasteiger partial charge in [-0.3, -0.25) is 4.90 Å². The standard InChI is InChI=1S/C23H25FN2O4/c1-5-29-22(27)20-18(13-30-19-12-8-9-14(2)15(19)3)26(4)23(28)25-21(20)16-10-6-7-11-17(16)24/h6-12,21H,5,13H2,1-4H3,(H,25,28)/t21-/m1/s1. The summed E-state index contributed by atoms with van der Waals surface area (Å²) in [6.07, 6.45) is 0. The maximum absolute atomic E-state index is 14.5. The lowest BCUT2D eigenvalue weighted by Crippen LogP contribution is -2.48. The molecule has 3 rings (SSSR count). The molecule has 0 saturated heterocycles. The van der Waals surface area contributed by atoms with Gasteiger partial charge >= 0.3 is 12.0 Å². The number of nitrogens with zero attached hydrogens (tertiary/aromatic N) is 1. The third-order valence-electron chi connectivity index (χ3n) is 5.21. The van der Waals surface area contributed by atoms with Crippen LogP contribution in [-0.4, -0.2) is 37.2 Å². The van der Waals surface area contributed by atoms with E-state index in [1.807, 2.05) is 32.0 Å². The number of aryl methyl sites for hydroxylation is 1. The molecule has 6 nitrogen and oxygen atoms in total. The van der Waals surface area contributed by atoms with Crippen LogP contribution < -0.4 is 10.1 Å². The lowest BCUT2D eigenvalue weighted by Gasteiger charge is -2.34. The Kier molecular flexibility index (Phi) is 6.40. The van der Waals surface area contributed by atoms with Crippen LogP contribution >= 0.6 is 0 Å². The summed E-state index contributed by atoms with van der Waals surface area (Å²) < 4.78 is 25.7. The van der Waals surface area contributed by atoms with Gasteiger partial charge in [0.25, 0.3) is 0 Å². The molecule has 1 N–H and O–H groups in total. The number of carbonyl (C=O) groups is 2. The first-order valence-corrected chi connectivity index (χ1v) is 9.73. The van der Waals surface area contributed by atoms with E-state index in [4.69, 9.17) is 9.47 Å². The van der Waals surface area contributed by atoms with Gasteiger partial charge < -0.3 is 14.8 Å². The molecule has 0 saturated carbocycles. The van der Waals surface area contributed by atoms with Crippen LogP contribution in [0.5, 0.6) is 5.75 Å². The molecule has 7 heteroatoms. The van der Waals surface area contributed by atoms with E-state index in [0.29, 0.717) is 11.4 Å². The number of hydrogen-bond donors (Lipinski definition) is 1. The third kappa shape index (κ3) is 4.15. The second kappa shape index (κ2) is 8.98. The average molecular weight is 412 g/mol. The lowest BCUT2D eigenvalue weighted by atomic mass is 9.94. The van der Waals surface area contributed by atoms with Gasteiger partial charge in [0, 0.05) is 12.6 Å². The molecular weight excluding hydrogens is 387 g/mol. The highest BCUT2D eigenvalue weighted by molar-refractivity contribution is 5.95. The van der Waals surface area contributed by atoms with Crippen molar-refractivity contribution in [3.8, 4) is 5.75 Å². The zero-order valence-electron chi connectivity index (χ0n) is 17.5. The summed E-state index contributed by atoms with van der Waals surface area (Å²) >= 11 is 0. The van der Waals surface area contributed by atoms with Crippen molar-refractivity contribution in [1.82, 2.24) is 10.2 Å². The van der Waals surface area contributed by atoms with Crippen LogP contribution in [0.4, 0.5) is 9.18 Å². The molecular formula is C23H25FN2O4. The Balaban J connectivity index is 2.07. The van der Waals surface area contributed by atoms with Crippen molar-refractivity contribution < 1.29 is 23.5 Å². The average Bonchev–Trinajstić information content (AvgIpc) is 2.72. The summed E-state index contributed by atoms with van der Waals surface area (Å²) in [5.41, 5.74) is 2.68. The predicted octanol–water partition coefficient (Wildman–Crippen LogP) is 4.03. The second-order valence-corrected chi connectivity index (χ2v) is 7.03. The fourth-order valence-electron chi connectivity index (χ4n) is 3.35. The first kappa shape index (κ1) is 21.4. The Bertz CT molecular complexity index is 1000. The van der Waals surface area contributed by atoms with E-state index in [-0.39, 0.29) is 24.4 Å². The predicted molar refractivity (Wildman–Crippen MR) is 111 cm³/mol. The number of benzene rings is 2. The smallest absolute Gasteiger partial charge is 0.338 e. The van der Waals surface area contributed by atoms with Crippen LogP contribution in [0.2, 0.25) is 0 Å². The Morgan fingerprint density at radius 1 is 1.17 bits per heavy atom. The zero-order chi connectivity index (χ0) is 21.8. The number of hydrogen-bond acceptors (Lipinski definition) is 4. The van der Waals surface area contributed by atoms with Crippen LogP contribution in [0.25, 0.3) is 0 Å². The van der Waals surface area contributed by atoms with Gasteiger partial charge in [-0.05, 0) is 44.0 Å². The van der Waals surface area contributed by atoms with Gasteiger partial charge in [0.1, 0.15) is 18.2 Å². The van der Waals surface area contributed by atoms with E-state index >= 15 is 0 Å². The Morgan fingerprint density at radius 2 is 1.90 bits per heavy atom. The number of ether oxygens (including phenoxy) is 2. The van der Waals surface area contributed by atoms with E-state index in [9.17, 15) is 14.0 Å². The molecule has 0 radical (unpaired) electrons. The molecule has 0 fully saturated rings. The van der Waals surface area contributed by atoms with Crippen molar-refractivity contribution in [2.24, 2.45) is 0 Å². The monoisotopic (exact) mass is 412 g/mol. The van der Waals surface area contributed by atoms with E-state index < -0.39 is 23.9 Å². The highest BCUT2D eigenvalue weighted by atomic mass is 19.1. The zero-order valence-corrected chi connectivity index (χ0v) is 17.5. The Labute approximate surface area is 175 Å². The molecule has 2 aromatic carbocycles. The summed E-state index contributed by atoms with van der Waals surface area (Å²) in [6, 6.07) is 10.2. The van der Waals surface area contributed by atoms with Gasteiger partial charge in [-0.15, -0.1) is 0 Å². The Morgan fingerprint density at radius 3 is 2.60 bits per heavy atom. The summed E-state index contributed by atoms with van der Waals surface area (Å²) in [7, 11) is 1.54. The molecule has 1 atom stereocenters. The van der Waals surface area contributed by atoms with E-state index in [1.165, 1.54) is 24.1 Å². The molecule has 0 spiro atoms. The second-order valence-electron chi connectivity index (χ2n) is 7.03. The van der Waals surface area contributed by atoms with Gasteiger partial charge in [0.15, 0.2) is 0 Å². The molecule has 2 amide bonds. The van der Waals surface area contributed by atoms with E-state index in [0.717, 1.165) is 11.1 Å². The lowest BCUT2D eigenvalue weighted by molar-refractivity contribution is -0.139. The first-order valence-electron chi connectivity index (χ1n) is 9.73. The van der Waals surface area contributed by atoms with Crippen molar-refractivity contribution in [2.75, 3.05) is 20.3 Å². The minimum atomic E-state index is -0.980. The molecule has 30 heavy (non-hydrogen) atoms. The number of likely N-dealkylation sites (N-methyl/N-ethyl adjacent to an activating group) is 1. The molecule has 1 heterocycles. The number of nitrogens with one attached hydrogen (secondary N) is 1. The summed E-state index contributed by atoms with van der Waals surface area (Å²) in [6.45, 7) is 5.70. The molecule has 0 aliphatic carbocycles. The summed E-state index contributed by atoms with van der Waals surface area (Å²) in [5, 5.41) is 2.69. The minimum absolute atomic E-state index is 0.0483. The van der Waals surface area contributed by atoms with E-state index in [2.05, 4.69) is 5.32 Å². The molecule has 0 unspecified atom stereocenters. The van der Waals surface area contributed by atoms with Crippen molar-refractivity contribution in [3.05, 3.63) is 76.2 Å². The SMILES string of the molecule is CCOC(=O)C1=C(COc2cccc(C)c2C)N(C)C(=O)N[C@@H]1c1ccccc1F. The molecule has 2 aromatic rings. The Hall–Kier alpha value is -3.35. The van der Waals surface area contributed by atoms with Crippen molar-refractivity contribution >= 4 is 12.0 Å². The maximum Gasteiger partial charge on any atom is 0.338 e. The van der Waals surface area contributed by atoms with Gasteiger partial charge in [-0.1, -0.05) is 30.3 Å². The number of carbonyl (C=O) groups excluding carboxylic acids is 2. The number of urea groups is 1. The van der Waals surface area contributed by atoms with Crippen LogP contribution in [0.15, 0.2) is 53.7 Å². The maximum atomic E-state index is 14.5. The highest BCUT2D eigenvalue weighted by Crippen LogP contribution is 2.33. The third-order valence-corrected chi connectivity index (χ3v) is 5.21. The fraction of sp³-hybridized carbons (Fsp3) is 0.304. The number of amides is 2. The van der Waals surface area contributed by atoms with Crippen LogP contribution in [0, 0.1) is 19.7 Å². The normalized spacial score (nSPS) is 16.4. The number of esters is 1. The molecule has 0 bridgehead atoms. The quantitative estimate of drug-likeness (QED) is 0.728. The van der Waals surface area contributed by atoms with E-state index in [1.54, 1.807) is 19.1 Å². The van der Waals surface area contributed by atoms with Gasteiger partial charge in [-0.25, -0.2) is 14.0 Å². The molecule has 0 aromatic heterocycles. The van der Waals surface area contributed by atoms with Crippen LogP contribution in [-0.2, 0) is 9.53 Å². The summed E-state index contributed by atoms with van der Waals surface area (Å²) in [5.74, 6) is -0.506. The van der Waals surface area contributed by atoms with Crippen LogP contribution in [0.3, 0.4) is 0 Å². The number of rotatable bonds is 6. The molecule has 158 valence electrons. The molecule has 1 aliphatic rings. The van der Waals surface area contributed by atoms with Crippen LogP contribution in [0.1, 0.15) is 29.7 Å². The molecule has 1 aliphatic heterocycles. The number of halogens is 1. The van der Waals surface area contributed by atoms with Gasteiger partial charge in [0.05, 0.1) is 23.9 Å². The van der Waals surface area contributed by atoms with Crippen molar-refractivity contribution in [1.29, 1.82) is 0 Å². The van der Waals surface area contributed by atoms with Crippen molar-refractivity contribution in [3.63, 3.8) is 0 Å². The fourth-order valence-corrected chi connectivity index (χ4v) is 3.35. The minimum Gasteiger partial charge on any atom is -0.487 e. The van der Waals surface area contributed by atoms with Gasteiger partial charge in [-0.2, -0.15) is 0 Å². The topological polar surface area (TPSA) is 67.9 Å². The summed E-state index contributed by atoms with van der Waals surface area (Å²) in [4.78, 5) is 26.8. The van der Waals surface area contributed by atoms with Crippen molar-refractivity contribution in [2.45, 2.75) is 26.8 Å². The largest absolute Gasteiger partial charge is 0.487 e. The first-order chi connectivity index (χ1) is 14.3. The highest BCUT2D eigenvalue weighted by Gasteiger charge is 2.38. The van der Waals surface area contributed by atoms with Gasteiger partial charge in [0.2, 0.25) is 0 Å².